The largest absolute Gasteiger partial charge is 0.493 e. The fourth-order valence-electron chi connectivity index (χ4n) is 4.23. The molecular formula is C26H24N2O5S. The average molecular weight is 477 g/mol. The maximum absolute atomic E-state index is 13.7. The highest BCUT2D eigenvalue weighted by molar-refractivity contribution is 7.13. The summed E-state index contributed by atoms with van der Waals surface area (Å²) in [6.07, 6.45) is 3.59. The Bertz CT molecular complexity index is 1430. The monoisotopic (exact) mass is 476 g/mol. The third-order valence-corrected chi connectivity index (χ3v) is 6.68. The molecule has 0 spiro atoms. The molecule has 1 aliphatic heterocycles. The van der Waals surface area contributed by atoms with Crippen LogP contribution in [-0.4, -0.2) is 24.6 Å². The molecule has 0 saturated carbocycles. The second kappa shape index (κ2) is 8.95. The number of unbranched alkanes of at least 4 members (excludes halogenated alkanes) is 1. The molecule has 0 radical (unpaired) electrons. The predicted molar refractivity (Wildman–Crippen MR) is 131 cm³/mol. The zero-order valence-corrected chi connectivity index (χ0v) is 20.0. The van der Waals surface area contributed by atoms with E-state index in [4.69, 9.17) is 13.9 Å². The highest BCUT2D eigenvalue weighted by atomic mass is 32.1. The van der Waals surface area contributed by atoms with Crippen LogP contribution in [0.4, 0.5) is 5.13 Å². The second-order valence-electron chi connectivity index (χ2n) is 8.18. The molecule has 0 saturated heterocycles. The number of hydrogen-bond donors (Lipinski definition) is 0. The van der Waals surface area contributed by atoms with Crippen molar-refractivity contribution in [3.63, 3.8) is 0 Å². The Kier molecular flexibility index (Phi) is 5.83. The Morgan fingerprint density at radius 3 is 2.74 bits per heavy atom. The van der Waals surface area contributed by atoms with Crippen molar-refractivity contribution >= 4 is 33.3 Å². The first-order valence-electron chi connectivity index (χ1n) is 11.1. The van der Waals surface area contributed by atoms with Crippen molar-refractivity contribution < 1.29 is 18.7 Å². The van der Waals surface area contributed by atoms with Crippen molar-refractivity contribution in [2.24, 2.45) is 0 Å². The third-order valence-electron chi connectivity index (χ3n) is 5.91. The van der Waals surface area contributed by atoms with E-state index < -0.39 is 11.9 Å². The molecule has 3 heterocycles. The number of aryl methyl sites for hydroxylation is 1. The average Bonchev–Trinajstić information content (AvgIpc) is 3.46. The first-order valence-corrected chi connectivity index (χ1v) is 12.0. The number of benzene rings is 2. The van der Waals surface area contributed by atoms with Gasteiger partial charge in [-0.1, -0.05) is 31.0 Å². The van der Waals surface area contributed by atoms with Gasteiger partial charge in [-0.25, -0.2) is 4.98 Å². The molecule has 2 aromatic heterocycles. The van der Waals surface area contributed by atoms with Crippen LogP contribution in [0.2, 0.25) is 0 Å². The zero-order chi connectivity index (χ0) is 23.8. The van der Waals surface area contributed by atoms with Crippen LogP contribution in [0.3, 0.4) is 0 Å². The van der Waals surface area contributed by atoms with E-state index >= 15 is 0 Å². The Balaban J connectivity index is 1.70. The second-order valence-corrected chi connectivity index (χ2v) is 9.05. The van der Waals surface area contributed by atoms with Crippen molar-refractivity contribution in [1.82, 2.24) is 4.98 Å². The van der Waals surface area contributed by atoms with E-state index in [1.807, 2.05) is 31.2 Å². The Hall–Kier alpha value is -3.65. The minimum Gasteiger partial charge on any atom is -0.493 e. The number of anilines is 1. The van der Waals surface area contributed by atoms with Gasteiger partial charge in [0.1, 0.15) is 5.58 Å². The summed E-state index contributed by atoms with van der Waals surface area (Å²) >= 11 is 1.33. The molecule has 8 heteroatoms. The summed E-state index contributed by atoms with van der Waals surface area (Å²) in [5, 5.41) is 2.73. The summed E-state index contributed by atoms with van der Waals surface area (Å²) in [5.41, 5.74) is 2.12. The molecule has 5 rings (SSSR count). The molecule has 0 N–H and O–H groups in total. The van der Waals surface area contributed by atoms with Gasteiger partial charge >= 0.3 is 0 Å². The van der Waals surface area contributed by atoms with Crippen molar-refractivity contribution in [2.45, 2.75) is 32.7 Å². The number of amides is 1. The lowest BCUT2D eigenvalue weighted by Gasteiger charge is -2.23. The van der Waals surface area contributed by atoms with E-state index in [0.717, 1.165) is 18.4 Å². The molecule has 7 nitrogen and oxygen atoms in total. The standard InChI is InChI=1S/C26H24N2O5S/c1-4-5-11-32-19-9-7-16(14-20(19)31-3)22-21-23(29)17-13-15(2)6-8-18(17)33-24(21)25(30)28(22)26-27-10-12-34-26/h6-10,12-14,22H,4-5,11H2,1-3H3. The quantitative estimate of drug-likeness (QED) is 0.328. The molecule has 2 aromatic carbocycles. The summed E-state index contributed by atoms with van der Waals surface area (Å²) in [7, 11) is 1.57. The molecule has 1 atom stereocenters. The summed E-state index contributed by atoms with van der Waals surface area (Å²) in [5.74, 6) is 0.807. The van der Waals surface area contributed by atoms with E-state index in [1.165, 1.54) is 16.2 Å². The molecule has 0 bridgehead atoms. The number of carbonyl (C=O) groups is 1. The SMILES string of the molecule is CCCCOc1ccc(C2c3c(oc4ccc(C)cc4c3=O)C(=O)N2c2nccs2)cc1OC. The number of nitrogens with zero attached hydrogens (tertiary/aromatic N) is 2. The number of ether oxygens (including phenoxy) is 2. The smallest absolute Gasteiger partial charge is 0.297 e. The molecule has 174 valence electrons. The number of carbonyl (C=O) groups excluding carboxylic acids is 1. The van der Waals surface area contributed by atoms with Crippen LogP contribution in [0.5, 0.6) is 11.5 Å². The number of hydrogen-bond acceptors (Lipinski definition) is 7. The van der Waals surface area contributed by atoms with Gasteiger partial charge in [0.25, 0.3) is 5.91 Å². The third kappa shape index (κ3) is 3.64. The molecule has 0 fully saturated rings. The van der Waals surface area contributed by atoms with Crippen molar-refractivity contribution in [3.8, 4) is 11.5 Å². The molecule has 0 aliphatic carbocycles. The van der Waals surface area contributed by atoms with E-state index in [9.17, 15) is 9.59 Å². The number of aromatic nitrogens is 1. The zero-order valence-electron chi connectivity index (χ0n) is 19.2. The number of thiazole rings is 1. The van der Waals surface area contributed by atoms with Gasteiger partial charge in [-0.3, -0.25) is 14.5 Å². The van der Waals surface area contributed by atoms with Crippen LogP contribution in [0, 0.1) is 6.92 Å². The fraction of sp³-hybridized carbons (Fsp3) is 0.269. The fourth-order valence-corrected chi connectivity index (χ4v) is 4.90. The number of methoxy groups -OCH3 is 1. The van der Waals surface area contributed by atoms with Gasteiger partial charge < -0.3 is 13.9 Å². The molecule has 1 unspecified atom stereocenters. The topological polar surface area (TPSA) is 81.9 Å². The van der Waals surface area contributed by atoms with E-state index in [0.29, 0.717) is 45.3 Å². The molecule has 1 aliphatic rings. The van der Waals surface area contributed by atoms with Crippen LogP contribution in [0.1, 0.15) is 53.1 Å². The number of rotatable bonds is 7. The van der Waals surface area contributed by atoms with E-state index in [-0.39, 0.29) is 11.2 Å². The van der Waals surface area contributed by atoms with Gasteiger partial charge in [-0.15, -0.1) is 11.3 Å². The van der Waals surface area contributed by atoms with Gasteiger partial charge in [0.15, 0.2) is 22.1 Å². The van der Waals surface area contributed by atoms with Crippen molar-refractivity contribution in [1.29, 1.82) is 0 Å². The van der Waals surface area contributed by atoms with Gasteiger partial charge in [-0.05, 0) is 43.2 Å². The van der Waals surface area contributed by atoms with Crippen LogP contribution < -0.4 is 19.8 Å². The van der Waals surface area contributed by atoms with E-state index in [1.54, 1.807) is 30.8 Å². The Morgan fingerprint density at radius 1 is 1.15 bits per heavy atom. The Morgan fingerprint density at radius 2 is 2.00 bits per heavy atom. The van der Waals surface area contributed by atoms with Gasteiger partial charge in [0.05, 0.1) is 30.7 Å². The summed E-state index contributed by atoms with van der Waals surface area (Å²) in [4.78, 5) is 33.1. The van der Waals surface area contributed by atoms with Crippen LogP contribution in [0.15, 0.2) is 57.2 Å². The molecule has 1 amide bonds. The summed E-state index contributed by atoms with van der Waals surface area (Å²) < 4.78 is 17.5. The minimum atomic E-state index is -0.701. The van der Waals surface area contributed by atoms with Gasteiger partial charge in [0, 0.05) is 11.6 Å². The van der Waals surface area contributed by atoms with Gasteiger partial charge in [-0.2, -0.15) is 0 Å². The normalized spacial score (nSPS) is 15.1. The lowest BCUT2D eigenvalue weighted by atomic mass is 9.98. The van der Waals surface area contributed by atoms with E-state index in [2.05, 4.69) is 11.9 Å². The Labute approximate surface area is 200 Å². The van der Waals surface area contributed by atoms with Gasteiger partial charge in [0.2, 0.25) is 5.76 Å². The summed E-state index contributed by atoms with van der Waals surface area (Å²) in [6, 6.07) is 10.2. The maximum Gasteiger partial charge on any atom is 0.297 e. The predicted octanol–water partition coefficient (Wildman–Crippen LogP) is 5.50. The first kappa shape index (κ1) is 22.2. The highest BCUT2D eigenvalue weighted by Gasteiger charge is 2.45. The van der Waals surface area contributed by atoms with Crippen LogP contribution >= 0.6 is 11.3 Å². The van der Waals surface area contributed by atoms with Crippen LogP contribution in [-0.2, 0) is 0 Å². The van der Waals surface area contributed by atoms with Crippen LogP contribution in [0.25, 0.3) is 11.0 Å². The molecule has 4 aromatic rings. The highest BCUT2D eigenvalue weighted by Crippen LogP contribution is 2.43. The lowest BCUT2D eigenvalue weighted by Crippen LogP contribution is -2.29. The van der Waals surface area contributed by atoms with Crippen molar-refractivity contribution in [2.75, 3.05) is 18.6 Å². The molecule has 34 heavy (non-hydrogen) atoms. The minimum absolute atomic E-state index is 0.0452. The van der Waals surface area contributed by atoms with Crippen molar-refractivity contribution in [3.05, 3.63) is 80.6 Å². The molecular weight excluding hydrogens is 452 g/mol. The number of fused-ring (bicyclic) bond motifs is 2. The summed E-state index contributed by atoms with van der Waals surface area (Å²) in [6.45, 7) is 4.60. The first-order chi connectivity index (χ1) is 16.5. The lowest BCUT2D eigenvalue weighted by molar-refractivity contribution is 0.0971. The maximum atomic E-state index is 13.7.